The first-order valence-electron chi connectivity index (χ1n) is 11.0. The summed E-state index contributed by atoms with van der Waals surface area (Å²) in [4.78, 5) is 0. The van der Waals surface area contributed by atoms with Crippen molar-refractivity contribution in [3.63, 3.8) is 0 Å². The summed E-state index contributed by atoms with van der Waals surface area (Å²) < 4.78 is 7.77. The van der Waals surface area contributed by atoms with E-state index in [0.717, 1.165) is 6.42 Å². The first-order chi connectivity index (χ1) is 15.9. The van der Waals surface area contributed by atoms with Gasteiger partial charge in [0.15, 0.2) is 0 Å². The van der Waals surface area contributed by atoms with Crippen LogP contribution in [0, 0.1) is 0 Å². The van der Waals surface area contributed by atoms with Crippen LogP contribution in [0.5, 0.6) is 0 Å². The minimum absolute atomic E-state index is 0. The monoisotopic (exact) mass is 516 g/mol. The summed E-state index contributed by atoms with van der Waals surface area (Å²) in [5.74, 6) is 0. The van der Waals surface area contributed by atoms with E-state index in [1.807, 2.05) is 0 Å². The third-order valence-electron chi connectivity index (χ3n) is 6.33. The average molecular weight is 517 g/mol. The van der Waals surface area contributed by atoms with E-state index in [1.165, 1.54) is 53.6 Å². The van der Waals surface area contributed by atoms with Crippen LogP contribution in [-0.2, 0) is 35.9 Å². The van der Waals surface area contributed by atoms with Crippen LogP contribution in [0.1, 0.15) is 16.7 Å². The Morgan fingerprint density at radius 1 is 0.588 bits per heavy atom. The van der Waals surface area contributed by atoms with Crippen LogP contribution in [0.15, 0.2) is 109 Å². The van der Waals surface area contributed by atoms with E-state index in [1.54, 1.807) is 0 Å². The fourth-order valence-corrected chi connectivity index (χ4v) is 6.42. The fourth-order valence-electron chi connectivity index (χ4n) is 4.78. The van der Waals surface area contributed by atoms with E-state index in [0.29, 0.717) is 6.61 Å². The molecule has 1 aliphatic rings. The van der Waals surface area contributed by atoms with Gasteiger partial charge in [0.25, 0.3) is 0 Å². The van der Waals surface area contributed by atoms with Crippen molar-refractivity contribution in [2.45, 2.75) is 13.0 Å². The Morgan fingerprint density at radius 2 is 1.26 bits per heavy atom. The first kappa shape index (κ1) is 24.7. The first-order valence-corrected chi connectivity index (χ1v) is 12.4. The molecule has 0 spiro atoms. The van der Waals surface area contributed by atoms with Gasteiger partial charge in [0, 0.05) is 0 Å². The summed E-state index contributed by atoms with van der Waals surface area (Å²) in [5.41, 5.74) is 9.54. The molecule has 0 bridgehead atoms. The third kappa shape index (κ3) is 4.60. The third-order valence-corrected chi connectivity index (χ3v) is 7.94. The molecule has 0 aromatic heterocycles. The van der Waals surface area contributed by atoms with Gasteiger partial charge in [-0.1, -0.05) is 0 Å². The Kier molecular flexibility index (Phi) is 7.93. The summed E-state index contributed by atoms with van der Waals surface area (Å²) in [6.45, 7) is 0.668. The van der Waals surface area contributed by atoms with E-state index < -0.39 is 19.5 Å². The Hall–Kier alpha value is -2.39. The molecule has 4 heteroatoms. The molecule has 0 saturated heterocycles. The number of benzene rings is 5. The number of rotatable bonds is 5. The van der Waals surface area contributed by atoms with E-state index in [9.17, 15) is 0 Å². The number of halogens is 2. The predicted molar refractivity (Wildman–Crippen MR) is 128 cm³/mol. The van der Waals surface area contributed by atoms with Gasteiger partial charge >= 0.3 is 199 Å². The van der Waals surface area contributed by atoms with Crippen LogP contribution in [-0.4, -0.2) is 0 Å². The van der Waals surface area contributed by atoms with Crippen molar-refractivity contribution in [2.24, 2.45) is 0 Å². The molecule has 0 aliphatic heterocycles. The predicted octanol–water partition coefficient (Wildman–Crippen LogP) is 0.926. The van der Waals surface area contributed by atoms with Gasteiger partial charge in [-0.15, -0.1) is 0 Å². The fraction of sp³-hybridized carbons (Fsp3) is 0.0667. The summed E-state index contributed by atoms with van der Waals surface area (Å²) in [7, 11) is 0. The van der Waals surface area contributed by atoms with Crippen molar-refractivity contribution >= 4 is 14.6 Å². The molecule has 1 aliphatic carbocycles. The number of fused-ring (bicyclic) bond motifs is 4. The van der Waals surface area contributed by atoms with Gasteiger partial charge < -0.3 is 24.8 Å². The molecule has 0 heterocycles. The van der Waals surface area contributed by atoms with Crippen LogP contribution >= 0.6 is 0 Å². The Morgan fingerprint density at radius 3 is 2.12 bits per heavy atom. The van der Waals surface area contributed by atoms with Crippen molar-refractivity contribution in [1.29, 1.82) is 0 Å². The van der Waals surface area contributed by atoms with Gasteiger partial charge in [0.1, 0.15) is 0 Å². The van der Waals surface area contributed by atoms with Crippen molar-refractivity contribution in [2.75, 3.05) is 0 Å². The van der Waals surface area contributed by atoms with Crippen LogP contribution in [0.3, 0.4) is 0 Å². The summed E-state index contributed by atoms with van der Waals surface area (Å²) in [6.07, 6.45) is 0.999. The van der Waals surface area contributed by atoms with Crippen LogP contribution < -0.4 is 28.7 Å². The molecule has 0 atom stereocenters. The molecule has 166 valence electrons. The Bertz CT molecular complexity index is 1430. The van der Waals surface area contributed by atoms with Crippen molar-refractivity contribution < 1.29 is 47.7 Å². The van der Waals surface area contributed by atoms with Gasteiger partial charge in [0.2, 0.25) is 0 Å². The van der Waals surface area contributed by atoms with Gasteiger partial charge in [-0.3, -0.25) is 0 Å². The second-order valence-corrected chi connectivity index (χ2v) is 9.80. The van der Waals surface area contributed by atoms with Crippen molar-refractivity contribution in [3.05, 3.63) is 126 Å². The Labute approximate surface area is 222 Å². The second-order valence-electron chi connectivity index (χ2n) is 8.25. The summed E-state index contributed by atoms with van der Waals surface area (Å²) in [5, 5.41) is 2.61. The molecule has 1 nitrogen and oxygen atoms in total. The molecule has 34 heavy (non-hydrogen) atoms. The van der Waals surface area contributed by atoms with Crippen molar-refractivity contribution in [1.82, 2.24) is 0 Å². The maximum atomic E-state index is 6.38. The van der Waals surface area contributed by atoms with Crippen LogP contribution in [0.4, 0.5) is 0 Å². The van der Waals surface area contributed by atoms with E-state index in [4.69, 9.17) is 3.32 Å². The van der Waals surface area contributed by atoms with Gasteiger partial charge in [-0.2, -0.15) is 0 Å². The molecule has 5 aromatic rings. The molecular formula is C30H22Cl2OTi. The Balaban J connectivity index is 0.00000137. The zero-order valence-electron chi connectivity index (χ0n) is 18.5. The number of hydrogen-bond acceptors (Lipinski definition) is 1. The molecule has 0 N–H and O–H groups in total. The van der Waals surface area contributed by atoms with Crippen LogP contribution in [0.2, 0.25) is 0 Å². The molecule has 6 rings (SSSR count). The molecule has 0 amide bonds. The summed E-state index contributed by atoms with van der Waals surface area (Å²) in [6, 6.07) is 39.4. The van der Waals surface area contributed by atoms with E-state index >= 15 is 0 Å². The molecule has 0 saturated carbocycles. The zero-order valence-corrected chi connectivity index (χ0v) is 21.5. The molecule has 0 fully saturated rings. The standard InChI is InChI=1S/C23H15.C7H7O.2ClH.Ti/c1-2-7-17-14-19(13-12-16(17)6-1)21-10-5-11-22-20-9-4-3-8-18(20)15-23(21)22;8-6-7-4-2-1-3-5-7;;;/h1-13H,15H2;1-5H,6H2;2*1H;/q;-1;;;+3/p-2. The maximum absolute atomic E-state index is 6.38. The number of hydrogen-bond donors (Lipinski definition) is 0. The van der Waals surface area contributed by atoms with Crippen molar-refractivity contribution in [3.8, 4) is 22.3 Å². The van der Waals surface area contributed by atoms with Gasteiger partial charge in [-0.25, -0.2) is 0 Å². The van der Waals surface area contributed by atoms with Gasteiger partial charge in [0.05, 0.1) is 0 Å². The summed E-state index contributed by atoms with van der Waals surface area (Å²) >= 11 is -0.780. The van der Waals surface area contributed by atoms with E-state index in [2.05, 4.69) is 109 Å². The SMILES string of the molecule is [Cl-].[Cl-].c1ccc(C[O][Ti+2][c]2c(-c3cccc4c3Cc3ccccc3-4)ccc3ccccc23)cc1. The quantitative estimate of drug-likeness (QED) is 0.310. The molecule has 0 unspecified atom stereocenters. The minimum atomic E-state index is -0.780. The molecular weight excluding hydrogens is 495 g/mol. The topological polar surface area (TPSA) is 9.23 Å². The second kappa shape index (κ2) is 10.9. The average Bonchev–Trinajstić information content (AvgIpc) is 3.24. The van der Waals surface area contributed by atoms with Gasteiger partial charge in [-0.05, 0) is 0 Å². The molecule has 0 radical (unpaired) electrons. The van der Waals surface area contributed by atoms with Crippen LogP contribution in [0.25, 0.3) is 33.0 Å². The zero-order chi connectivity index (χ0) is 21.3. The molecule has 5 aromatic carbocycles. The van der Waals surface area contributed by atoms with E-state index in [-0.39, 0.29) is 24.8 Å². The normalized spacial score (nSPS) is 11.1.